The monoisotopic (exact) mass is 600 g/mol. The van der Waals surface area contributed by atoms with Crippen molar-refractivity contribution in [1.29, 1.82) is 0 Å². The lowest BCUT2D eigenvalue weighted by atomic mass is 10.1. The Balaban J connectivity index is 1.51. The van der Waals surface area contributed by atoms with E-state index in [9.17, 15) is 4.79 Å². The number of pyridine rings is 1. The number of aromatic nitrogens is 3. The number of anilines is 3. The molecule has 2 aliphatic rings. The van der Waals surface area contributed by atoms with Crippen molar-refractivity contribution in [2.75, 3.05) is 50.1 Å². The summed E-state index contributed by atoms with van der Waals surface area (Å²) >= 11 is 0. The highest BCUT2D eigenvalue weighted by atomic mass is 28.3. The van der Waals surface area contributed by atoms with Gasteiger partial charge in [0.1, 0.15) is 13.7 Å². The third-order valence-corrected chi connectivity index (χ3v) is 15.8. The summed E-state index contributed by atoms with van der Waals surface area (Å²) in [6.07, 6.45) is 3.78. The fraction of sp³-hybridized carbons (Fsp3) is 0.559. The second-order valence-electron chi connectivity index (χ2n) is 13.2. The summed E-state index contributed by atoms with van der Waals surface area (Å²) in [6, 6.07) is 10.1. The number of nitrogens with one attached hydrogen (secondary N) is 1. The molecule has 0 bridgehead atoms. The van der Waals surface area contributed by atoms with E-state index in [2.05, 4.69) is 99.4 Å². The summed E-state index contributed by atoms with van der Waals surface area (Å²) in [5.74, 6) is 3.96. The van der Waals surface area contributed by atoms with E-state index < -0.39 is 8.07 Å². The summed E-state index contributed by atoms with van der Waals surface area (Å²) in [6.45, 7) is 19.2. The highest BCUT2D eigenvalue weighted by molar-refractivity contribution is 6.90. The predicted molar refractivity (Wildman–Crippen MR) is 180 cm³/mol. The molecule has 9 heteroatoms. The first-order chi connectivity index (χ1) is 20.6. The molecule has 230 valence electrons. The molecule has 3 aromatic rings. The molecule has 8 nitrogen and oxygen atoms in total. The molecule has 4 heterocycles. The van der Waals surface area contributed by atoms with Gasteiger partial charge in [-0.1, -0.05) is 47.5 Å². The Kier molecular flexibility index (Phi) is 9.59. The Morgan fingerprint density at radius 3 is 2.30 bits per heavy atom. The molecule has 1 aromatic carbocycles. The van der Waals surface area contributed by atoms with Crippen LogP contribution in [0.3, 0.4) is 0 Å². The van der Waals surface area contributed by atoms with Gasteiger partial charge in [-0.25, -0.2) is 4.98 Å². The van der Waals surface area contributed by atoms with Crippen LogP contribution in [0.2, 0.25) is 16.6 Å². The van der Waals surface area contributed by atoms with Crippen LogP contribution in [0.5, 0.6) is 0 Å². The largest absolute Gasteiger partial charge is 0.376 e. The van der Waals surface area contributed by atoms with Crippen LogP contribution in [-0.4, -0.2) is 73.4 Å². The Hall–Kier alpha value is -3.19. The fourth-order valence-corrected chi connectivity index (χ4v) is 12.3. The second kappa shape index (κ2) is 13.2. The van der Waals surface area contributed by atoms with Crippen LogP contribution in [0.15, 0.2) is 41.3 Å². The summed E-state index contributed by atoms with van der Waals surface area (Å²) in [5.41, 5.74) is 8.63. The zero-order valence-electron chi connectivity index (χ0n) is 27.0. The van der Waals surface area contributed by atoms with Gasteiger partial charge >= 0.3 is 0 Å². The normalized spacial score (nSPS) is 18.1. The summed E-state index contributed by atoms with van der Waals surface area (Å²) < 4.78 is 7.66. The van der Waals surface area contributed by atoms with E-state index in [-0.39, 0.29) is 11.7 Å². The molecule has 0 saturated carbocycles. The minimum absolute atomic E-state index is 0.00853. The number of fused-ring (bicyclic) bond motifs is 1. The molecule has 1 atom stereocenters. The predicted octanol–water partition coefficient (Wildman–Crippen LogP) is 6.04. The lowest BCUT2D eigenvalue weighted by Crippen LogP contribution is -2.44. The summed E-state index contributed by atoms with van der Waals surface area (Å²) in [7, 11) is 0.178. The van der Waals surface area contributed by atoms with Gasteiger partial charge in [0.25, 0.3) is 5.56 Å². The maximum absolute atomic E-state index is 13.6. The molecule has 1 N–H and O–H groups in total. The third kappa shape index (κ3) is 6.67. The van der Waals surface area contributed by atoms with Crippen LogP contribution in [0.25, 0.3) is 11.0 Å². The Bertz CT molecular complexity index is 1500. The Labute approximate surface area is 257 Å². The van der Waals surface area contributed by atoms with E-state index in [1.54, 1.807) is 10.6 Å². The summed E-state index contributed by atoms with van der Waals surface area (Å²) in [4.78, 5) is 28.0. The van der Waals surface area contributed by atoms with Gasteiger partial charge < -0.3 is 19.9 Å². The Morgan fingerprint density at radius 2 is 1.70 bits per heavy atom. The van der Waals surface area contributed by atoms with Gasteiger partial charge in [-0.05, 0) is 60.8 Å². The average molecular weight is 601 g/mol. The maximum Gasteiger partial charge on any atom is 0.253 e. The number of hydrogen-bond acceptors (Lipinski definition) is 7. The van der Waals surface area contributed by atoms with Crippen molar-refractivity contribution in [2.45, 2.75) is 83.7 Å². The highest BCUT2D eigenvalue weighted by Gasteiger charge is 2.41. The van der Waals surface area contributed by atoms with Gasteiger partial charge in [0, 0.05) is 62.0 Å². The zero-order valence-corrected chi connectivity index (χ0v) is 28.0. The fourth-order valence-electron chi connectivity index (χ4n) is 7.04. The topological polar surface area (TPSA) is 75.5 Å². The van der Waals surface area contributed by atoms with Crippen molar-refractivity contribution >= 4 is 36.4 Å². The molecule has 43 heavy (non-hydrogen) atoms. The third-order valence-electron chi connectivity index (χ3n) is 9.53. The molecular weight excluding hydrogens is 553 g/mol. The first-order valence-corrected chi connectivity index (χ1v) is 18.2. The van der Waals surface area contributed by atoms with Gasteiger partial charge in [-0.15, -0.1) is 5.54 Å². The van der Waals surface area contributed by atoms with Crippen molar-refractivity contribution in [3.8, 4) is 11.5 Å². The molecule has 0 amide bonds. The molecule has 2 fully saturated rings. The molecule has 0 radical (unpaired) electrons. The molecule has 5 rings (SSSR count). The molecule has 1 unspecified atom stereocenters. The quantitative estimate of drug-likeness (QED) is 0.250. The number of ether oxygens (including phenoxy) is 1. The zero-order chi connectivity index (χ0) is 30.7. The number of hydrogen-bond donors (Lipinski definition) is 1. The molecule has 2 aromatic heterocycles. The van der Waals surface area contributed by atoms with Crippen LogP contribution in [0.1, 0.15) is 59.9 Å². The van der Waals surface area contributed by atoms with Crippen molar-refractivity contribution < 1.29 is 4.74 Å². The van der Waals surface area contributed by atoms with Crippen LogP contribution in [0.4, 0.5) is 17.3 Å². The lowest BCUT2D eigenvalue weighted by molar-refractivity contribution is 0.0971. The number of benzene rings is 1. The van der Waals surface area contributed by atoms with E-state index in [1.807, 2.05) is 6.20 Å². The maximum atomic E-state index is 13.6. The van der Waals surface area contributed by atoms with Crippen LogP contribution in [0, 0.1) is 11.5 Å². The van der Waals surface area contributed by atoms with Crippen molar-refractivity contribution in [3.05, 3.63) is 52.4 Å². The Morgan fingerprint density at radius 1 is 1.02 bits per heavy atom. The average Bonchev–Trinajstić information content (AvgIpc) is 3.49. The molecule has 2 aliphatic heterocycles. The minimum atomic E-state index is -1.99. The van der Waals surface area contributed by atoms with Crippen LogP contribution < -0.4 is 15.8 Å². The van der Waals surface area contributed by atoms with Gasteiger partial charge in [0.05, 0.1) is 18.0 Å². The minimum Gasteiger partial charge on any atom is -0.376 e. The SMILES string of the molecule is CC(C)[Si](C#Cc1cc(=O)n(CC2CCCO2)c2nc(Nc3ccc(N4CCN(C)CC4)cc3)ncc12)(C(C)C)C(C)C. The molecule has 0 spiro atoms. The molecule has 2 saturated heterocycles. The molecule has 0 aliphatic carbocycles. The van der Waals surface area contributed by atoms with E-state index in [0.717, 1.165) is 56.7 Å². The van der Waals surface area contributed by atoms with Gasteiger partial charge in [-0.2, -0.15) is 4.98 Å². The van der Waals surface area contributed by atoms with Gasteiger partial charge in [0.15, 0.2) is 0 Å². The van der Waals surface area contributed by atoms with E-state index in [1.165, 1.54) is 5.69 Å². The standard InChI is InChI=1S/C34H48N6O2Si/c1-24(2)43(25(3)4,26(5)6)20-14-27-21-32(41)40(23-30-9-8-19-42-30)33-31(27)22-35-34(37-33)36-28-10-12-29(13-11-28)39-17-15-38(7)16-18-39/h10-13,21-22,24-26,30H,8-9,15-19,23H2,1-7H3,(H,35,36,37). The van der Waals surface area contributed by atoms with Gasteiger partial charge in [-0.3, -0.25) is 9.36 Å². The number of likely N-dealkylation sites (N-methyl/N-ethyl adjacent to an activating group) is 1. The van der Waals surface area contributed by atoms with Crippen LogP contribution >= 0.6 is 0 Å². The van der Waals surface area contributed by atoms with Gasteiger partial charge in [0.2, 0.25) is 5.95 Å². The van der Waals surface area contributed by atoms with Crippen molar-refractivity contribution in [1.82, 2.24) is 19.4 Å². The van der Waals surface area contributed by atoms with Crippen molar-refractivity contribution in [2.24, 2.45) is 0 Å². The smallest absolute Gasteiger partial charge is 0.253 e. The van der Waals surface area contributed by atoms with E-state index in [4.69, 9.17) is 14.7 Å². The highest BCUT2D eigenvalue weighted by Crippen LogP contribution is 2.41. The number of piperazine rings is 1. The van der Waals surface area contributed by atoms with E-state index in [0.29, 0.717) is 40.3 Å². The summed E-state index contributed by atoms with van der Waals surface area (Å²) in [5, 5.41) is 4.18. The van der Waals surface area contributed by atoms with Crippen molar-refractivity contribution in [3.63, 3.8) is 0 Å². The lowest BCUT2D eigenvalue weighted by Gasteiger charge is -2.38. The first kappa shape index (κ1) is 31.2. The van der Waals surface area contributed by atoms with E-state index >= 15 is 0 Å². The second-order valence-corrected chi connectivity index (χ2v) is 18.8. The number of nitrogens with zero attached hydrogens (tertiary/aromatic N) is 5. The number of rotatable bonds is 8. The molecular formula is C34H48N6O2Si. The first-order valence-electron chi connectivity index (χ1n) is 15.9. The van der Waals surface area contributed by atoms with Crippen LogP contribution in [-0.2, 0) is 11.3 Å².